The third-order valence-electron chi connectivity index (χ3n) is 4.10. The molecule has 1 aliphatic rings. The number of phenolic OH excluding ortho intramolecular Hbond substituents is 1. The predicted octanol–water partition coefficient (Wildman–Crippen LogP) is 2.99. The molecule has 1 aromatic carbocycles. The summed E-state index contributed by atoms with van der Waals surface area (Å²) in [4.78, 5) is 22.6. The van der Waals surface area contributed by atoms with Crippen LogP contribution in [0.1, 0.15) is 58.2 Å². The number of fused-ring (bicyclic) bond motifs is 1. The topological polar surface area (TPSA) is 77.8 Å². The van der Waals surface area contributed by atoms with Crippen LogP contribution in [-0.2, 0) is 10.8 Å². The van der Waals surface area contributed by atoms with Crippen molar-refractivity contribution in [1.29, 1.82) is 0 Å². The Morgan fingerprint density at radius 3 is 2.08 bits per heavy atom. The first-order valence-corrected chi connectivity index (χ1v) is 9.03. The monoisotopic (exact) mass is 357 g/mol. The predicted molar refractivity (Wildman–Crippen MR) is 101 cm³/mol. The third kappa shape index (κ3) is 3.44. The van der Waals surface area contributed by atoms with Gasteiger partial charge in [-0.3, -0.25) is 9.78 Å². The number of H-pyrrole nitrogens is 1. The molecule has 2 heterocycles. The number of rotatable bonds is 1. The summed E-state index contributed by atoms with van der Waals surface area (Å²) < 4.78 is 0.613. The van der Waals surface area contributed by atoms with Gasteiger partial charge in [0.1, 0.15) is 5.75 Å². The summed E-state index contributed by atoms with van der Waals surface area (Å²) in [5, 5.41) is 10.8. The minimum absolute atomic E-state index is 0.147. The maximum atomic E-state index is 11.3. The second kappa shape index (κ2) is 5.66. The first-order chi connectivity index (χ1) is 11.4. The van der Waals surface area contributed by atoms with Crippen molar-refractivity contribution in [1.82, 2.24) is 4.98 Å². The van der Waals surface area contributed by atoms with Crippen LogP contribution in [0.5, 0.6) is 5.75 Å². The molecule has 0 spiro atoms. The van der Waals surface area contributed by atoms with E-state index in [9.17, 15) is 9.90 Å². The maximum Gasteiger partial charge on any atom is 0.308 e. The number of nitrogens with one attached hydrogen (secondary N) is 1. The number of aromatic hydroxyl groups is 1. The van der Waals surface area contributed by atoms with Gasteiger partial charge in [-0.1, -0.05) is 52.9 Å². The van der Waals surface area contributed by atoms with Gasteiger partial charge in [-0.2, -0.15) is 0 Å². The molecule has 2 aromatic rings. The van der Waals surface area contributed by atoms with Gasteiger partial charge >= 0.3 is 4.87 Å². The normalized spacial score (nSPS) is 15.8. The second-order valence-electron chi connectivity index (χ2n) is 8.36. The summed E-state index contributed by atoms with van der Waals surface area (Å²) in [6, 6.07) is 3.97. The van der Waals surface area contributed by atoms with Gasteiger partial charge in [0.05, 0.1) is 0 Å². The van der Waals surface area contributed by atoms with Crippen molar-refractivity contribution in [2.24, 2.45) is 9.98 Å². The van der Waals surface area contributed by atoms with E-state index in [2.05, 4.69) is 56.5 Å². The van der Waals surface area contributed by atoms with Crippen LogP contribution in [0, 0.1) is 0 Å². The molecule has 0 unspecified atom stereocenters. The second-order valence-corrected chi connectivity index (χ2v) is 9.32. The van der Waals surface area contributed by atoms with Gasteiger partial charge in [0.25, 0.3) is 0 Å². The molecule has 25 heavy (non-hydrogen) atoms. The van der Waals surface area contributed by atoms with Gasteiger partial charge < -0.3 is 5.11 Å². The SMILES string of the molecule is CC(C)(C)c1cc(/C=C2/N=c3[nH]c(=O)sc3=N2)cc(C(C)(C)C)c1O. The van der Waals surface area contributed by atoms with Crippen LogP contribution in [0.3, 0.4) is 0 Å². The van der Waals surface area contributed by atoms with E-state index in [1.807, 2.05) is 18.2 Å². The van der Waals surface area contributed by atoms with E-state index in [4.69, 9.17) is 0 Å². The van der Waals surface area contributed by atoms with E-state index in [1.165, 1.54) is 0 Å². The highest BCUT2D eigenvalue weighted by Crippen LogP contribution is 2.40. The summed E-state index contributed by atoms with van der Waals surface area (Å²) in [6.45, 7) is 12.5. The zero-order valence-corrected chi connectivity index (χ0v) is 16.2. The van der Waals surface area contributed by atoms with Crippen molar-refractivity contribution in [2.75, 3.05) is 0 Å². The van der Waals surface area contributed by atoms with Crippen LogP contribution in [0.4, 0.5) is 0 Å². The molecule has 1 aromatic heterocycles. The fraction of sp³-hybridized carbons (Fsp3) is 0.421. The molecule has 0 saturated heterocycles. The van der Waals surface area contributed by atoms with Crippen molar-refractivity contribution < 1.29 is 5.11 Å². The van der Waals surface area contributed by atoms with Crippen molar-refractivity contribution in [2.45, 2.75) is 52.4 Å². The van der Waals surface area contributed by atoms with Crippen LogP contribution < -0.4 is 15.0 Å². The number of thiazole rings is 1. The Morgan fingerprint density at radius 1 is 1.04 bits per heavy atom. The highest BCUT2D eigenvalue weighted by atomic mass is 32.1. The molecule has 1 aliphatic heterocycles. The third-order valence-corrected chi connectivity index (χ3v) is 4.86. The smallest absolute Gasteiger partial charge is 0.308 e. The summed E-state index contributed by atoms with van der Waals surface area (Å²) in [5.41, 5.74) is 2.87. The summed E-state index contributed by atoms with van der Waals surface area (Å²) in [6.07, 6.45) is 1.88. The van der Waals surface area contributed by atoms with Crippen LogP contribution in [-0.4, -0.2) is 10.1 Å². The number of aromatic nitrogens is 1. The molecule has 6 heteroatoms. The quantitative estimate of drug-likeness (QED) is 0.823. The maximum absolute atomic E-state index is 11.3. The van der Waals surface area contributed by atoms with E-state index >= 15 is 0 Å². The van der Waals surface area contributed by atoms with Crippen molar-refractivity contribution in [3.8, 4) is 5.75 Å². The van der Waals surface area contributed by atoms with Crippen LogP contribution >= 0.6 is 11.3 Å². The molecule has 132 valence electrons. The van der Waals surface area contributed by atoms with Gasteiger partial charge in [0.2, 0.25) is 0 Å². The summed E-state index contributed by atoms with van der Waals surface area (Å²) in [5.74, 6) is 0.911. The minimum Gasteiger partial charge on any atom is -0.507 e. The van der Waals surface area contributed by atoms with E-state index < -0.39 is 0 Å². The molecule has 5 nitrogen and oxygen atoms in total. The fourth-order valence-electron chi connectivity index (χ4n) is 2.80. The molecule has 0 amide bonds. The lowest BCUT2D eigenvalue weighted by Gasteiger charge is -2.27. The Labute approximate surface area is 150 Å². The molecule has 0 fully saturated rings. The Kier molecular flexibility index (Phi) is 3.99. The number of hydrogen-bond donors (Lipinski definition) is 2. The van der Waals surface area contributed by atoms with E-state index in [-0.39, 0.29) is 15.7 Å². The van der Waals surface area contributed by atoms with E-state index in [0.29, 0.717) is 21.7 Å². The van der Waals surface area contributed by atoms with Crippen LogP contribution in [0.25, 0.3) is 6.08 Å². The highest BCUT2D eigenvalue weighted by molar-refractivity contribution is 7.06. The Bertz CT molecular complexity index is 971. The summed E-state index contributed by atoms with van der Waals surface area (Å²) >= 11 is 1.06. The van der Waals surface area contributed by atoms with Crippen molar-refractivity contribution in [3.05, 3.63) is 54.5 Å². The Balaban J connectivity index is 2.17. The Hall–Kier alpha value is -2.21. The highest BCUT2D eigenvalue weighted by Gasteiger charge is 2.26. The van der Waals surface area contributed by atoms with Crippen molar-refractivity contribution >= 4 is 17.4 Å². The standard InChI is InChI=1S/C19H23N3O2S/c1-18(2,3)11-7-10(8-12(14(11)23)19(4,5)6)9-13-20-15-16(21-13)25-17(24)22-15/h7-9,23H,1-6H3,(H,20,22,24)/b13-9-. The molecule has 3 rings (SSSR count). The lowest BCUT2D eigenvalue weighted by molar-refractivity contribution is 0.423. The lowest BCUT2D eigenvalue weighted by atomic mass is 9.78. The first kappa shape index (κ1) is 17.6. The van der Waals surface area contributed by atoms with Gasteiger partial charge in [0, 0.05) is 11.1 Å². The molecular weight excluding hydrogens is 334 g/mol. The number of nitrogens with zero attached hydrogens (tertiary/aromatic N) is 2. The van der Waals surface area contributed by atoms with Gasteiger partial charge in [-0.15, -0.1) is 0 Å². The minimum atomic E-state index is -0.188. The molecule has 0 aliphatic carbocycles. The molecule has 2 N–H and O–H groups in total. The molecule has 0 saturated carbocycles. The first-order valence-electron chi connectivity index (χ1n) is 8.21. The Morgan fingerprint density at radius 2 is 1.60 bits per heavy atom. The largest absolute Gasteiger partial charge is 0.507 e. The average Bonchev–Trinajstić information content (AvgIpc) is 2.94. The van der Waals surface area contributed by atoms with Crippen molar-refractivity contribution in [3.63, 3.8) is 0 Å². The van der Waals surface area contributed by atoms with Gasteiger partial charge in [-0.25, -0.2) is 9.98 Å². The lowest BCUT2D eigenvalue weighted by Crippen LogP contribution is -2.17. The van der Waals surface area contributed by atoms with E-state index in [0.717, 1.165) is 28.0 Å². The number of aromatic amines is 1. The molecular formula is C19H23N3O2S. The van der Waals surface area contributed by atoms with E-state index in [1.54, 1.807) is 0 Å². The molecule has 0 radical (unpaired) electrons. The number of phenols is 1. The average molecular weight is 357 g/mol. The number of benzene rings is 1. The zero-order chi connectivity index (χ0) is 18.6. The summed E-state index contributed by atoms with van der Waals surface area (Å²) in [7, 11) is 0. The zero-order valence-electron chi connectivity index (χ0n) is 15.4. The van der Waals surface area contributed by atoms with Crippen LogP contribution in [0.2, 0.25) is 0 Å². The molecule has 0 bridgehead atoms. The molecule has 0 atom stereocenters. The van der Waals surface area contributed by atoms with Crippen LogP contribution in [0.15, 0.2) is 32.7 Å². The fourth-order valence-corrected chi connectivity index (χ4v) is 3.46. The van der Waals surface area contributed by atoms with Gasteiger partial charge in [0.15, 0.2) is 16.0 Å². The van der Waals surface area contributed by atoms with Gasteiger partial charge in [-0.05, 0) is 34.6 Å². The number of hydrogen-bond acceptors (Lipinski definition) is 5.